The van der Waals surface area contributed by atoms with E-state index in [-0.39, 0.29) is 11.7 Å². The standard InChI is InChI=1S/C16H18N2O2S3/c19-13(14-6-3-7-21-14)10-23-16-18-12(9-22-16)8-15(20)17-11-4-1-2-5-11/h3,6-7,9,11H,1-2,4-5,8,10H2,(H,17,20). The molecule has 23 heavy (non-hydrogen) atoms. The Kier molecular flexibility index (Phi) is 5.85. The van der Waals surface area contributed by atoms with Gasteiger partial charge in [-0.1, -0.05) is 30.7 Å². The molecule has 3 rings (SSSR count). The van der Waals surface area contributed by atoms with E-state index in [0.717, 1.165) is 27.8 Å². The molecule has 0 unspecified atom stereocenters. The Labute approximate surface area is 147 Å². The Morgan fingerprint density at radius 3 is 2.87 bits per heavy atom. The van der Waals surface area contributed by atoms with Crippen LogP contribution in [0.1, 0.15) is 41.0 Å². The molecular formula is C16H18N2O2S3. The average molecular weight is 367 g/mol. The summed E-state index contributed by atoms with van der Waals surface area (Å²) in [5.74, 6) is 0.566. The number of thiazole rings is 1. The Bertz CT molecular complexity index is 661. The second-order valence-corrected chi connectivity index (χ2v) is 8.55. The third-order valence-corrected chi connectivity index (χ3v) is 6.70. The third-order valence-electron chi connectivity index (χ3n) is 3.72. The van der Waals surface area contributed by atoms with Gasteiger partial charge in [0.25, 0.3) is 0 Å². The monoisotopic (exact) mass is 366 g/mol. The zero-order valence-corrected chi connectivity index (χ0v) is 15.1. The molecule has 7 heteroatoms. The molecule has 0 atom stereocenters. The van der Waals surface area contributed by atoms with E-state index in [4.69, 9.17) is 0 Å². The van der Waals surface area contributed by atoms with E-state index in [9.17, 15) is 9.59 Å². The lowest BCUT2D eigenvalue weighted by Gasteiger charge is -2.10. The molecule has 4 nitrogen and oxygen atoms in total. The van der Waals surface area contributed by atoms with Gasteiger partial charge in [0.15, 0.2) is 10.1 Å². The van der Waals surface area contributed by atoms with Gasteiger partial charge >= 0.3 is 0 Å². The highest BCUT2D eigenvalue weighted by Gasteiger charge is 2.18. The molecule has 1 aliphatic carbocycles. The molecule has 2 aromatic rings. The van der Waals surface area contributed by atoms with Crippen molar-refractivity contribution in [1.29, 1.82) is 0 Å². The molecule has 0 aliphatic heterocycles. The van der Waals surface area contributed by atoms with Gasteiger partial charge in [0.2, 0.25) is 5.91 Å². The number of thiophene rings is 1. The van der Waals surface area contributed by atoms with Crippen molar-refractivity contribution in [3.05, 3.63) is 33.5 Å². The van der Waals surface area contributed by atoms with Crippen molar-refractivity contribution in [2.24, 2.45) is 0 Å². The van der Waals surface area contributed by atoms with E-state index in [1.165, 1.54) is 47.3 Å². The molecule has 1 amide bonds. The van der Waals surface area contributed by atoms with Gasteiger partial charge in [-0.15, -0.1) is 22.7 Å². The van der Waals surface area contributed by atoms with Crippen LogP contribution >= 0.6 is 34.4 Å². The summed E-state index contributed by atoms with van der Waals surface area (Å²) >= 11 is 4.40. The number of nitrogens with zero attached hydrogens (tertiary/aromatic N) is 1. The molecule has 0 aromatic carbocycles. The van der Waals surface area contributed by atoms with Crippen LogP contribution in [0.25, 0.3) is 0 Å². The van der Waals surface area contributed by atoms with Gasteiger partial charge < -0.3 is 5.32 Å². The molecule has 1 fully saturated rings. The van der Waals surface area contributed by atoms with E-state index in [1.807, 2.05) is 22.9 Å². The molecule has 0 bridgehead atoms. The summed E-state index contributed by atoms with van der Waals surface area (Å²) in [6, 6.07) is 4.07. The molecule has 1 aliphatic rings. The highest BCUT2D eigenvalue weighted by molar-refractivity contribution is 8.01. The SMILES string of the molecule is O=C(Cc1csc(SCC(=O)c2cccs2)n1)NC1CCCC1. The minimum Gasteiger partial charge on any atom is -0.353 e. The molecule has 2 aromatic heterocycles. The summed E-state index contributed by atoms with van der Waals surface area (Å²) in [4.78, 5) is 29.2. The molecule has 1 saturated carbocycles. The summed E-state index contributed by atoms with van der Waals surface area (Å²) in [6.07, 6.45) is 4.93. The Balaban J connectivity index is 1.45. The van der Waals surface area contributed by atoms with Gasteiger partial charge in [-0.25, -0.2) is 4.98 Å². The summed E-state index contributed by atoms with van der Waals surface area (Å²) < 4.78 is 0.846. The predicted octanol–water partition coefficient (Wildman–Crippen LogP) is 3.78. The Morgan fingerprint density at radius 1 is 1.30 bits per heavy atom. The molecule has 0 radical (unpaired) electrons. The predicted molar refractivity (Wildman–Crippen MR) is 95.6 cm³/mol. The second kappa shape index (κ2) is 8.08. The zero-order chi connectivity index (χ0) is 16.1. The molecule has 0 saturated heterocycles. The fourth-order valence-corrected chi connectivity index (χ4v) is 5.07. The minimum absolute atomic E-state index is 0.0495. The fraction of sp³-hybridized carbons (Fsp3) is 0.438. The maximum Gasteiger partial charge on any atom is 0.226 e. The summed E-state index contributed by atoms with van der Waals surface area (Å²) in [7, 11) is 0. The normalized spacial score (nSPS) is 15.0. The molecule has 122 valence electrons. The van der Waals surface area contributed by atoms with Gasteiger partial charge in [0, 0.05) is 11.4 Å². The first-order valence-electron chi connectivity index (χ1n) is 7.64. The number of carbonyl (C=O) groups is 2. The van der Waals surface area contributed by atoms with E-state index < -0.39 is 0 Å². The zero-order valence-electron chi connectivity index (χ0n) is 12.6. The van der Waals surface area contributed by atoms with E-state index in [1.54, 1.807) is 0 Å². The Morgan fingerprint density at radius 2 is 2.13 bits per heavy atom. The number of amides is 1. The number of rotatable bonds is 7. The highest BCUT2D eigenvalue weighted by atomic mass is 32.2. The lowest BCUT2D eigenvalue weighted by Crippen LogP contribution is -2.33. The smallest absolute Gasteiger partial charge is 0.226 e. The summed E-state index contributed by atoms with van der Waals surface area (Å²) in [5, 5.41) is 6.89. The first-order chi connectivity index (χ1) is 11.2. The van der Waals surface area contributed by atoms with Gasteiger partial charge in [0.1, 0.15) is 0 Å². The lowest BCUT2D eigenvalue weighted by molar-refractivity contribution is -0.121. The number of hydrogen-bond donors (Lipinski definition) is 1. The van der Waals surface area contributed by atoms with Gasteiger partial charge in [-0.05, 0) is 24.3 Å². The van der Waals surface area contributed by atoms with Crippen LogP contribution in [0, 0.1) is 0 Å². The summed E-state index contributed by atoms with van der Waals surface area (Å²) in [5.41, 5.74) is 0.788. The molecule has 1 N–H and O–H groups in total. The van der Waals surface area contributed by atoms with Crippen molar-refractivity contribution in [3.8, 4) is 0 Å². The quantitative estimate of drug-likeness (QED) is 0.598. The van der Waals surface area contributed by atoms with Crippen LogP contribution in [-0.4, -0.2) is 28.5 Å². The van der Waals surface area contributed by atoms with Crippen molar-refractivity contribution in [1.82, 2.24) is 10.3 Å². The number of ketones is 1. The van der Waals surface area contributed by atoms with Crippen LogP contribution in [0.15, 0.2) is 27.2 Å². The topological polar surface area (TPSA) is 59.1 Å². The van der Waals surface area contributed by atoms with Crippen LogP contribution in [0.3, 0.4) is 0 Å². The van der Waals surface area contributed by atoms with Crippen LogP contribution in [0.2, 0.25) is 0 Å². The first-order valence-corrected chi connectivity index (χ1v) is 10.4. The van der Waals surface area contributed by atoms with E-state index in [0.29, 0.717) is 18.2 Å². The maximum absolute atomic E-state index is 12.0. The maximum atomic E-state index is 12.0. The lowest BCUT2D eigenvalue weighted by atomic mass is 10.2. The second-order valence-electron chi connectivity index (χ2n) is 5.52. The summed E-state index contributed by atoms with van der Waals surface area (Å²) in [6.45, 7) is 0. The number of hydrogen-bond acceptors (Lipinski definition) is 6. The largest absolute Gasteiger partial charge is 0.353 e. The van der Waals surface area contributed by atoms with Crippen molar-refractivity contribution in [3.63, 3.8) is 0 Å². The number of carbonyl (C=O) groups excluding carboxylic acids is 2. The van der Waals surface area contributed by atoms with Crippen LogP contribution in [-0.2, 0) is 11.2 Å². The molecule has 2 heterocycles. The number of Topliss-reactive ketones (excluding diaryl/α,β-unsaturated/α-hetero) is 1. The average Bonchev–Trinajstić information content (AvgIpc) is 3.27. The first kappa shape index (κ1) is 16.7. The van der Waals surface area contributed by atoms with Crippen molar-refractivity contribution < 1.29 is 9.59 Å². The number of aromatic nitrogens is 1. The van der Waals surface area contributed by atoms with Crippen LogP contribution in [0.4, 0.5) is 0 Å². The highest BCUT2D eigenvalue weighted by Crippen LogP contribution is 2.25. The molecule has 0 spiro atoms. The van der Waals surface area contributed by atoms with Crippen LogP contribution < -0.4 is 5.32 Å². The third kappa shape index (κ3) is 4.89. The van der Waals surface area contributed by atoms with Gasteiger partial charge in [-0.3, -0.25) is 9.59 Å². The van der Waals surface area contributed by atoms with Gasteiger partial charge in [0.05, 0.1) is 22.7 Å². The van der Waals surface area contributed by atoms with Gasteiger partial charge in [-0.2, -0.15) is 0 Å². The van der Waals surface area contributed by atoms with E-state index >= 15 is 0 Å². The Hall–Kier alpha value is -1.18. The minimum atomic E-state index is 0.0495. The van der Waals surface area contributed by atoms with Crippen molar-refractivity contribution >= 4 is 46.1 Å². The number of thioether (sulfide) groups is 1. The van der Waals surface area contributed by atoms with E-state index in [2.05, 4.69) is 10.3 Å². The fourth-order valence-electron chi connectivity index (χ4n) is 2.58. The molecular weight excluding hydrogens is 348 g/mol. The van der Waals surface area contributed by atoms with Crippen LogP contribution in [0.5, 0.6) is 0 Å². The number of nitrogens with one attached hydrogen (secondary N) is 1. The van der Waals surface area contributed by atoms with Crippen molar-refractivity contribution in [2.45, 2.75) is 42.5 Å². The van der Waals surface area contributed by atoms with Crippen molar-refractivity contribution in [2.75, 3.05) is 5.75 Å².